The SMILES string of the molecule is CC1(C)OC(=O)C(=CNc2ccc3c(c2Br)C(=O)C(C)(C)S3(O)O)C(=O)O1. The molecule has 0 unspecified atom stereocenters. The first kappa shape index (κ1) is 19.9. The second kappa shape index (κ2) is 6.06. The Morgan fingerprint density at radius 3 is 2.19 bits per heavy atom. The molecule has 1 fully saturated rings. The fraction of sp³-hybridized carbons (Fsp3) is 0.353. The van der Waals surface area contributed by atoms with Gasteiger partial charge in [-0.2, -0.15) is 10.6 Å². The minimum atomic E-state index is -3.31. The van der Waals surface area contributed by atoms with E-state index in [1.54, 1.807) is 0 Å². The molecule has 1 aromatic carbocycles. The molecule has 0 bridgehead atoms. The first-order valence-corrected chi connectivity index (χ1v) is 10.2. The van der Waals surface area contributed by atoms with Gasteiger partial charge in [-0.3, -0.25) is 13.9 Å². The molecule has 2 heterocycles. The molecular weight excluding hydrogens is 442 g/mol. The maximum absolute atomic E-state index is 12.7. The van der Waals surface area contributed by atoms with Gasteiger partial charge in [0.2, 0.25) is 0 Å². The summed E-state index contributed by atoms with van der Waals surface area (Å²) in [6, 6.07) is 2.94. The summed E-state index contributed by atoms with van der Waals surface area (Å²) in [7, 11) is -3.31. The minimum Gasteiger partial charge on any atom is -0.419 e. The molecule has 1 aromatic rings. The quantitative estimate of drug-likeness (QED) is 0.347. The van der Waals surface area contributed by atoms with Crippen LogP contribution in [0.25, 0.3) is 0 Å². The van der Waals surface area contributed by atoms with Crippen molar-refractivity contribution >= 4 is 49.9 Å². The van der Waals surface area contributed by atoms with Crippen LogP contribution in [-0.2, 0) is 19.1 Å². The van der Waals surface area contributed by atoms with Crippen LogP contribution in [0.5, 0.6) is 0 Å². The van der Waals surface area contributed by atoms with Crippen LogP contribution in [0, 0.1) is 0 Å². The average Bonchev–Trinajstić information content (AvgIpc) is 2.65. The lowest BCUT2D eigenvalue weighted by Gasteiger charge is -2.39. The Hall–Kier alpha value is -1.88. The summed E-state index contributed by atoms with van der Waals surface area (Å²) in [4.78, 5) is 36.8. The van der Waals surface area contributed by atoms with Gasteiger partial charge in [0.25, 0.3) is 5.79 Å². The second-order valence-electron chi connectivity index (χ2n) is 7.07. The van der Waals surface area contributed by atoms with E-state index >= 15 is 0 Å². The van der Waals surface area contributed by atoms with Gasteiger partial charge in [-0.15, -0.1) is 0 Å². The van der Waals surface area contributed by atoms with E-state index in [1.807, 2.05) is 0 Å². The highest BCUT2D eigenvalue weighted by Gasteiger charge is 2.52. The number of ether oxygens (including phenoxy) is 2. The molecule has 2 aliphatic heterocycles. The molecule has 0 atom stereocenters. The van der Waals surface area contributed by atoms with E-state index in [4.69, 9.17) is 9.47 Å². The number of hydrogen-bond donors (Lipinski definition) is 3. The number of fused-ring (bicyclic) bond motifs is 1. The van der Waals surface area contributed by atoms with Crippen molar-refractivity contribution < 1.29 is 33.0 Å². The number of carbonyl (C=O) groups excluding carboxylic acids is 3. The lowest BCUT2D eigenvalue weighted by molar-refractivity contribution is -0.222. The lowest BCUT2D eigenvalue weighted by atomic mass is 10.0. The molecule has 0 aliphatic carbocycles. The number of Topliss-reactive ketones (excluding diaryl/α,β-unsaturated/α-hetero) is 1. The summed E-state index contributed by atoms with van der Waals surface area (Å²) in [6.45, 7) is 5.83. The Balaban J connectivity index is 1.96. The second-order valence-corrected chi connectivity index (χ2v) is 10.4. The number of benzene rings is 1. The molecule has 27 heavy (non-hydrogen) atoms. The van der Waals surface area contributed by atoms with Crippen molar-refractivity contribution in [2.24, 2.45) is 0 Å². The van der Waals surface area contributed by atoms with E-state index in [2.05, 4.69) is 21.2 Å². The van der Waals surface area contributed by atoms with Crippen molar-refractivity contribution in [3.8, 4) is 0 Å². The molecule has 10 heteroatoms. The maximum atomic E-state index is 12.7. The highest BCUT2D eigenvalue weighted by molar-refractivity contribution is 9.10. The van der Waals surface area contributed by atoms with Crippen LogP contribution in [0.2, 0.25) is 0 Å². The first-order valence-electron chi connectivity index (χ1n) is 7.88. The molecule has 8 nitrogen and oxygen atoms in total. The number of nitrogens with one attached hydrogen (secondary N) is 1. The third-order valence-corrected chi connectivity index (χ3v) is 7.77. The van der Waals surface area contributed by atoms with Crippen molar-refractivity contribution in [2.75, 3.05) is 5.32 Å². The zero-order valence-corrected chi connectivity index (χ0v) is 17.4. The standard InChI is InChI=1S/C17H18BrNO7S/c1-16(2)13(20)11-10(27(16,23)24)6-5-9(12(11)18)19-7-8-14(21)25-17(3,4)26-15(8)22/h5-7,19,23-24H,1-4H3. The van der Waals surface area contributed by atoms with Gasteiger partial charge in [-0.1, -0.05) is 0 Å². The molecule has 0 amide bonds. The topological polar surface area (TPSA) is 122 Å². The third-order valence-electron chi connectivity index (χ3n) is 4.38. The summed E-state index contributed by atoms with van der Waals surface area (Å²) in [6.07, 6.45) is 1.12. The Bertz CT molecular complexity index is 898. The number of halogens is 1. The van der Waals surface area contributed by atoms with Crippen molar-refractivity contribution in [3.63, 3.8) is 0 Å². The number of esters is 2. The fourth-order valence-electron chi connectivity index (χ4n) is 2.75. The number of cyclic esters (lactones) is 2. The number of anilines is 1. The largest absolute Gasteiger partial charge is 0.419 e. The zero-order chi connectivity index (χ0) is 20.4. The van der Waals surface area contributed by atoms with Gasteiger partial charge >= 0.3 is 11.9 Å². The Morgan fingerprint density at radius 1 is 1.07 bits per heavy atom. The van der Waals surface area contributed by atoms with Crippen LogP contribution in [0.3, 0.4) is 0 Å². The number of ketones is 1. The number of carbonyl (C=O) groups is 3. The van der Waals surface area contributed by atoms with Gasteiger partial charge in [0.1, 0.15) is 4.75 Å². The average molecular weight is 460 g/mol. The van der Waals surface area contributed by atoms with Gasteiger partial charge in [0.05, 0.1) is 20.6 Å². The Labute approximate surface area is 165 Å². The van der Waals surface area contributed by atoms with Gasteiger partial charge in [-0.05, 0) is 41.9 Å². The summed E-state index contributed by atoms with van der Waals surface area (Å²) in [5, 5.41) is 2.76. The Kier molecular flexibility index (Phi) is 4.46. The van der Waals surface area contributed by atoms with Crippen LogP contribution in [0.4, 0.5) is 5.69 Å². The van der Waals surface area contributed by atoms with Gasteiger partial charge in [0.15, 0.2) is 11.4 Å². The van der Waals surface area contributed by atoms with Crippen molar-refractivity contribution in [2.45, 2.75) is 43.1 Å². The van der Waals surface area contributed by atoms with E-state index in [0.29, 0.717) is 10.2 Å². The van der Waals surface area contributed by atoms with E-state index in [-0.39, 0.29) is 16.0 Å². The van der Waals surface area contributed by atoms with E-state index in [1.165, 1.54) is 39.8 Å². The summed E-state index contributed by atoms with van der Waals surface area (Å²) < 4.78 is 29.9. The fourth-order valence-corrected chi connectivity index (χ4v) is 5.17. The first-order chi connectivity index (χ1) is 12.3. The molecule has 0 aromatic heterocycles. The van der Waals surface area contributed by atoms with Crippen LogP contribution in [0.15, 0.2) is 33.3 Å². The molecule has 0 radical (unpaired) electrons. The highest BCUT2D eigenvalue weighted by Crippen LogP contribution is 2.67. The summed E-state index contributed by atoms with van der Waals surface area (Å²) in [5.74, 6) is -3.44. The molecule has 0 saturated carbocycles. The summed E-state index contributed by atoms with van der Waals surface area (Å²) in [5.41, 5.74) is 0.170. The number of rotatable bonds is 2. The molecular formula is C17H18BrNO7S. The maximum Gasteiger partial charge on any atom is 0.350 e. The van der Waals surface area contributed by atoms with E-state index in [0.717, 1.165) is 6.20 Å². The van der Waals surface area contributed by atoms with Crippen molar-refractivity contribution in [3.05, 3.63) is 33.9 Å². The molecule has 3 rings (SSSR count). The summed E-state index contributed by atoms with van der Waals surface area (Å²) >= 11 is 3.30. The molecule has 146 valence electrons. The van der Waals surface area contributed by atoms with Crippen molar-refractivity contribution in [1.29, 1.82) is 0 Å². The van der Waals surface area contributed by atoms with Crippen molar-refractivity contribution in [1.82, 2.24) is 0 Å². The predicted molar refractivity (Wildman–Crippen MR) is 102 cm³/mol. The van der Waals surface area contributed by atoms with Gasteiger partial charge in [0, 0.05) is 20.0 Å². The van der Waals surface area contributed by atoms with Crippen LogP contribution >= 0.6 is 26.5 Å². The third kappa shape index (κ3) is 2.96. The lowest BCUT2D eigenvalue weighted by Crippen LogP contribution is -2.42. The number of hydrogen-bond acceptors (Lipinski definition) is 8. The molecule has 1 saturated heterocycles. The molecule has 0 spiro atoms. The van der Waals surface area contributed by atoms with Crippen LogP contribution in [0.1, 0.15) is 38.1 Å². The Morgan fingerprint density at radius 2 is 1.63 bits per heavy atom. The molecule has 2 aliphatic rings. The zero-order valence-electron chi connectivity index (χ0n) is 15.0. The predicted octanol–water partition coefficient (Wildman–Crippen LogP) is 3.67. The normalized spacial score (nSPS) is 23.2. The van der Waals surface area contributed by atoms with E-state index < -0.39 is 38.8 Å². The van der Waals surface area contributed by atoms with Crippen LogP contribution in [-0.4, -0.2) is 37.4 Å². The van der Waals surface area contributed by atoms with Crippen LogP contribution < -0.4 is 5.32 Å². The van der Waals surface area contributed by atoms with Gasteiger partial charge in [-0.25, -0.2) is 9.59 Å². The monoisotopic (exact) mass is 459 g/mol. The minimum absolute atomic E-state index is 0.151. The van der Waals surface area contributed by atoms with Gasteiger partial charge < -0.3 is 14.8 Å². The smallest absolute Gasteiger partial charge is 0.350 e. The molecule has 3 N–H and O–H groups in total. The highest BCUT2D eigenvalue weighted by atomic mass is 79.9. The van der Waals surface area contributed by atoms with E-state index in [9.17, 15) is 23.5 Å².